The van der Waals surface area contributed by atoms with Gasteiger partial charge in [0.15, 0.2) is 5.82 Å². The van der Waals surface area contributed by atoms with Crippen molar-refractivity contribution in [2.24, 2.45) is 5.92 Å². The molecule has 102 valence electrons. The average Bonchev–Trinajstić information content (AvgIpc) is 2.34. The van der Waals surface area contributed by atoms with Crippen molar-refractivity contribution in [2.75, 3.05) is 13.2 Å². The van der Waals surface area contributed by atoms with Gasteiger partial charge in [-0.15, -0.1) is 0 Å². The maximum Gasteiger partial charge on any atom is 0.250 e. The summed E-state index contributed by atoms with van der Waals surface area (Å²) < 4.78 is 19.3. The molecule has 0 aromatic carbocycles. The van der Waals surface area contributed by atoms with Crippen LogP contribution in [0.5, 0.6) is 5.88 Å². The SMILES string of the molecule is CCNCc1ccnc(OCCCC(C)C)c1F. The van der Waals surface area contributed by atoms with Crippen LogP contribution in [0.2, 0.25) is 0 Å². The van der Waals surface area contributed by atoms with E-state index in [-0.39, 0.29) is 11.7 Å². The molecule has 1 N–H and O–H groups in total. The lowest BCUT2D eigenvalue weighted by atomic mass is 10.1. The van der Waals surface area contributed by atoms with Crippen molar-refractivity contribution in [2.45, 2.75) is 40.2 Å². The van der Waals surface area contributed by atoms with Gasteiger partial charge >= 0.3 is 0 Å². The second-order valence-corrected chi connectivity index (χ2v) is 4.75. The molecule has 0 aliphatic heterocycles. The molecular formula is C14H23FN2O. The fourth-order valence-corrected chi connectivity index (χ4v) is 1.62. The standard InChI is InChI=1S/C14H23FN2O/c1-4-16-10-12-7-8-17-14(13(12)15)18-9-5-6-11(2)3/h7-8,11,16H,4-6,9-10H2,1-3H3. The van der Waals surface area contributed by atoms with E-state index in [4.69, 9.17) is 4.74 Å². The van der Waals surface area contributed by atoms with Crippen LogP contribution in [0.1, 0.15) is 39.2 Å². The summed E-state index contributed by atoms with van der Waals surface area (Å²) in [7, 11) is 0. The number of hydrogen-bond donors (Lipinski definition) is 1. The lowest BCUT2D eigenvalue weighted by Gasteiger charge is -2.10. The van der Waals surface area contributed by atoms with Crippen LogP contribution in [-0.4, -0.2) is 18.1 Å². The van der Waals surface area contributed by atoms with Crippen molar-refractivity contribution in [3.63, 3.8) is 0 Å². The van der Waals surface area contributed by atoms with E-state index in [9.17, 15) is 4.39 Å². The fraction of sp³-hybridized carbons (Fsp3) is 0.643. The quantitative estimate of drug-likeness (QED) is 0.724. The molecule has 0 amide bonds. The third-order valence-electron chi connectivity index (χ3n) is 2.67. The highest BCUT2D eigenvalue weighted by atomic mass is 19.1. The molecule has 0 spiro atoms. The zero-order valence-electron chi connectivity index (χ0n) is 11.5. The first kappa shape index (κ1) is 14.9. The molecule has 0 fully saturated rings. The predicted octanol–water partition coefficient (Wildman–Crippen LogP) is 3.15. The lowest BCUT2D eigenvalue weighted by Crippen LogP contribution is -2.14. The van der Waals surface area contributed by atoms with Gasteiger partial charge in [-0.25, -0.2) is 9.37 Å². The normalized spacial score (nSPS) is 10.9. The topological polar surface area (TPSA) is 34.2 Å². The minimum absolute atomic E-state index is 0.120. The van der Waals surface area contributed by atoms with E-state index in [1.807, 2.05) is 6.92 Å². The van der Waals surface area contributed by atoms with Gasteiger partial charge in [-0.2, -0.15) is 0 Å². The summed E-state index contributed by atoms with van der Waals surface area (Å²) in [6, 6.07) is 1.68. The summed E-state index contributed by atoms with van der Waals surface area (Å²) in [5.74, 6) is 0.420. The Kier molecular flexibility index (Phi) is 6.65. The average molecular weight is 254 g/mol. The summed E-state index contributed by atoms with van der Waals surface area (Å²) in [5, 5.41) is 3.09. The zero-order valence-corrected chi connectivity index (χ0v) is 11.5. The van der Waals surface area contributed by atoms with E-state index in [0.717, 1.165) is 19.4 Å². The van der Waals surface area contributed by atoms with Gasteiger partial charge in [0.2, 0.25) is 0 Å². The number of nitrogens with zero attached hydrogens (tertiary/aromatic N) is 1. The molecule has 1 aromatic heterocycles. The molecule has 1 rings (SSSR count). The molecule has 0 aliphatic carbocycles. The third-order valence-corrected chi connectivity index (χ3v) is 2.67. The second-order valence-electron chi connectivity index (χ2n) is 4.75. The fourth-order valence-electron chi connectivity index (χ4n) is 1.62. The maximum absolute atomic E-state index is 14.0. The highest BCUT2D eigenvalue weighted by molar-refractivity contribution is 5.23. The van der Waals surface area contributed by atoms with E-state index in [0.29, 0.717) is 24.6 Å². The third kappa shape index (κ3) is 5.00. The van der Waals surface area contributed by atoms with E-state index in [1.54, 1.807) is 12.3 Å². The molecule has 0 bridgehead atoms. The molecular weight excluding hydrogens is 231 g/mol. The van der Waals surface area contributed by atoms with E-state index in [1.165, 1.54) is 0 Å². The molecule has 1 heterocycles. The molecule has 0 radical (unpaired) electrons. The van der Waals surface area contributed by atoms with Crippen molar-refractivity contribution in [3.8, 4) is 5.88 Å². The first-order valence-corrected chi connectivity index (χ1v) is 6.62. The highest BCUT2D eigenvalue weighted by Gasteiger charge is 2.10. The molecule has 3 nitrogen and oxygen atoms in total. The van der Waals surface area contributed by atoms with Gasteiger partial charge in [0.25, 0.3) is 5.88 Å². The Balaban J connectivity index is 2.49. The lowest BCUT2D eigenvalue weighted by molar-refractivity contribution is 0.271. The van der Waals surface area contributed by atoms with E-state index in [2.05, 4.69) is 24.1 Å². The Morgan fingerprint density at radius 3 is 2.89 bits per heavy atom. The minimum Gasteiger partial charge on any atom is -0.476 e. The van der Waals surface area contributed by atoms with Crippen LogP contribution in [0.4, 0.5) is 4.39 Å². The molecule has 1 aromatic rings. The van der Waals surface area contributed by atoms with Gasteiger partial charge in [-0.3, -0.25) is 0 Å². The number of halogens is 1. The first-order valence-electron chi connectivity index (χ1n) is 6.62. The predicted molar refractivity (Wildman–Crippen MR) is 71.1 cm³/mol. The van der Waals surface area contributed by atoms with E-state index >= 15 is 0 Å². The van der Waals surface area contributed by atoms with Gasteiger partial charge in [0.05, 0.1) is 6.61 Å². The van der Waals surface area contributed by atoms with Crippen LogP contribution in [-0.2, 0) is 6.54 Å². The summed E-state index contributed by atoms with van der Waals surface area (Å²) >= 11 is 0. The number of rotatable bonds is 8. The number of hydrogen-bond acceptors (Lipinski definition) is 3. The summed E-state index contributed by atoms with van der Waals surface area (Å²) in [6.45, 7) is 8.15. The molecule has 0 saturated heterocycles. The van der Waals surface area contributed by atoms with Crippen LogP contribution in [0.25, 0.3) is 0 Å². The Hall–Kier alpha value is -1.16. The van der Waals surface area contributed by atoms with Crippen LogP contribution in [0.15, 0.2) is 12.3 Å². The zero-order chi connectivity index (χ0) is 13.4. The number of ether oxygens (including phenoxy) is 1. The summed E-state index contributed by atoms with van der Waals surface area (Å²) in [5.41, 5.74) is 0.603. The number of aromatic nitrogens is 1. The van der Waals surface area contributed by atoms with Crippen molar-refractivity contribution in [1.82, 2.24) is 10.3 Å². The van der Waals surface area contributed by atoms with Gasteiger partial charge in [-0.1, -0.05) is 20.8 Å². The van der Waals surface area contributed by atoms with Gasteiger partial charge in [0, 0.05) is 18.3 Å². The summed E-state index contributed by atoms with van der Waals surface area (Å²) in [6.07, 6.45) is 3.60. The van der Waals surface area contributed by atoms with Crippen molar-refractivity contribution in [3.05, 3.63) is 23.6 Å². The van der Waals surface area contributed by atoms with Gasteiger partial charge in [-0.05, 0) is 31.4 Å². The number of nitrogens with one attached hydrogen (secondary N) is 1. The molecule has 0 unspecified atom stereocenters. The minimum atomic E-state index is -0.344. The molecule has 0 saturated carbocycles. The maximum atomic E-state index is 14.0. The first-order chi connectivity index (χ1) is 8.65. The molecule has 4 heteroatoms. The Morgan fingerprint density at radius 2 is 2.22 bits per heavy atom. The number of pyridine rings is 1. The van der Waals surface area contributed by atoms with Crippen LogP contribution in [0.3, 0.4) is 0 Å². The Bertz CT molecular complexity index is 356. The van der Waals surface area contributed by atoms with Gasteiger partial charge < -0.3 is 10.1 Å². The van der Waals surface area contributed by atoms with Crippen LogP contribution >= 0.6 is 0 Å². The van der Waals surface area contributed by atoms with Gasteiger partial charge in [0.1, 0.15) is 0 Å². The van der Waals surface area contributed by atoms with Crippen molar-refractivity contribution in [1.29, 1.82) is 0 Å². The highest BCUT2D eigenvalue weighted by Crippen LogP contribution is 2.17. The van der Waals surface area contributed by atoms with Crippen LogP contribution < -0.4 is 10.1 Å². The van der Waals surface area contributed by atoms with Crippen molar-refractivity contribution >= 4 is 0 Å². The summed E-state index contributed by atoms with van der Waals surface area (Å²) in [4.78, 5) is 3.94. The molecule has 0 aliphatic rings. The van der Waals surface area contributed by atoms with Crippen LogP contribution in [0, 0.1) is 11.7 Å². The molecule has 18 heavy (non-hydrogen) atoms. The second kappa shape index (κ2) is 8.03. The Morgan fingerprint density at radius 1 is 1.44 bits per heavy atom. The molecule has 0 atom stereocenters. The monoisotopic (exact) mass is 254 g/mol. The largest absolute Gasteiger partial charge is 0.476 e. The van der Waals surface area contributed by atoms with E-state index < -0.39 is 0 Å². The smallest absolute Gasteiger partial charge is 0.250 e. The van der Waals surface area contributed by atoms with Crippen molar-refractivity contribution < 1.29 is 9.13 Å². The Labute approximate surface area is 109 Å².